The first-order chi connectivity index (χ1) is 9.06. The van der Waals surface area contributed by atoms with Crippen molar-refractivity contribution >= 4 is 0 Å². The van der Waals surface area contributed by atoms with Crippen LogP contribution in [0.2, 0.25) is 0 Å². The van der Waals surface area contributed by atoms with E-state index in [4.69, 9.17) is 4.74 Å². The van der Waals surface area contributed by atoms with Crippen LogP contribution in [0.3, 0.4) is 0 Å². The fourth-order valence-corrected chi connectivity index (χ4v) is 2.78. The third-order valence-electron chi connectivity index (χ3n) is 3.96. The molecule has 0 amide bonds. The smallest absolute Gasteiger partial charge is 0.0700 e. The second-order valence-corrected chi connectivity index (χ2v) is 6.20. The quantitative estimate of drug-likeness (QED) is 0.872. The Morgan fingerprint density at radius 1 is 1.21 bits per heavy atom. The van der Waals surface area contributed by atoms with E-state index in [0.29, 0.717) is 18.2 Å². The third-order valence-corrected chi connectivity index (χ3v) is 3.96. The summed E-state index contributed by atoms with van der Waals surface area (Å²) < 4.78 is 5.60. The lowest BCUT2D eigenvalue weighted by molar-refractivity contribution is 0.111. The van der Waals surface area contributed by atoms with Gasteiger partial charge in [0.1, 0.15) is 0 Å². The van der Waals surface area contributed by atoms with Gasteiger partial charge in [0.05, 0.1) is 6.10 Å². The van der Waals surface area contributed by atoms with Gasteiger partial charge in [0, 0.05) is 18.7 Å². The van der Waals surface area contributed by atoms with E-state index >= 15 is 0 Å². The summed E-state index contributed by atoms with van der Waals surface area (Å²) in [6, 6.07) is 9.93. The molecule has 1 heterocycles. The van der Waals surface area contributed by atoms with Crippen molar-refractivity contribution in [2.75, 3.05) is 6.61 Å². The molecular formula is C17H27NO. The first-order valence-corrected chi connectivity index (χ1v) is 7.52. The molecule has 1 aromatic rings. The van der Waals surface area contributed by atoms with E-state index in [-0.39, 0.29) is 0 Å². The molecule has 0 saturated carbocycles. The molecule has 3 atom stereocenters. The standard InChI is InChI=1S/C17H27NO/c1-12(2)11-15-5-7-16(8-6-15)13(3)18-17-9-10-19-14(17)4/h5-8,12-14,17-18H,9-11H2,1-4H3. The van der Waals surface area contributed by atoms with Gasteiger partial charge in [-0.05, 0) is 43.7 Å². The minimum atomic E-state index is 0.336. The van der Waals surface area contributed by atoms with Crippen LogP contribution in [0, 0.1) is 5.92 Å². The topological polar surface area (TPSA) is 21.3 Å². The molecular weight excluding hydrogens is 234 g/mol. The SMILES string of the molecule is CC(C)Cc1ccc(C(C)NC2CCOC2C)cc1. The number of rotatable bonds is 5. The van der Waals surface area contributed by atoms with E-state index in [1.54, 1.807) is 0 Å². The normalized spacial score (nSPS) is 24.9. The maximum atomic E-state index is 5.60. The van der Waals surface area contributed by atoms with Crippen molar-refractivity contribution in [1.82, 2.24) is 5.32 Å². The van der Waals surface area contributed by atoms with Crippen LogP contribution in [-0.2, 0) is 11.2 Å². The summed E-state index contributed by atoms with van der Waals surface area (Å²) >= 11 is 0. The van der Waals surface area contributed by atoms with Gasteiger partial charge in [0.15, 0.2) is 0 Å². The second kappa shape index (κ2) is 6.53. The Hall–Kier alpha value is -0.860. The highest BCUT2D eigenvalue weighted by Gasteiger charge is 2.25. The van der Waals surface area contributed by atoms with E-state index in [0.717, 1.165) is 25.4 Å². The lowest BCUT2D eigenvalue weighted by atomic mass is 9.99. The predicted octanol–water partition coefficient (Wildman–Crippen LogP) is 3.71. The second-order valence-electron chi connectivity index (χ2n) is 6.20. The molecule has 2 rings (SSSR count). The molecule has 2 heteroatoms. The molecule has 1 aliphatic heterocycles. The Morgan fingerprint density at radius 3 is 2.42 bits per heavy atom. The summed E-state index contributed by atoms with van der Waals surface area (Å²) in [5.74, 6) is 0.720. The van der Waals surface area contributed by atoms with Crippen molar-refractivity contribution in [3.63, 3.8) is 0 Å². The Balaban J connectivity index is 1.93. The van der Waals surface area contributed by atoms with Crippen molar-refractivity contribution in [2.45, 2.75) is 58.7 Å². The van der Waals surface area contributed by atoms with Gasteiger partial charge in [-0.2, -0.15) is 0 Å². The minimum Gasteiger partial charge on any atom is -0.377 e. The van der Waals surface area contributed by atoms with Crippen LogP contribution in [0.15, 0.2) is 24.3 Å². The third kappa shape index (κ3) is 4.05. The average Bonchev–Trinajstić information content (AvgIpc) is 2.75. The summed E-state index contributed by atoms with van der Waals surface area (Å²) in [5.41, 5.74) is 2.80. The first kappa shape index (κ1) is 14.5. The van der Waals surface area contributed by atoms with Gasteiger partial charge >= 0.3 is 0 Å². The summed E-state index contributed by atoms with van der Waals surface area (Å²) in [4.78, 5) is 0. The molecule has 0 radical (unpaired) electrons. The molecule has 1 saturated heterocycles. The lowest BCUT2D eigenvalue weighted by Crippen LogP contribution is -2.36. The van der Waals surface area contributed by atoms with Crippen LogP contribution in [0.4, 0.5) is 0 Å². The highest BCUT2D eigenvalue weighted by Crippen LogP contribution is 2.20. The number of benzene rings is 1. The van der Waals surface area contributed by atoms with E-state index in [2.05, 4.69) is 57.3 Å². The lowest BCUT2D eigenvalue weighted by Gasteiger charge is -2.22. The molecule has 0 bridgehead atoms. The zero-order valence-corrected chi connectivity index (χ0v) is 12.6. The fourth-order valence-electron chi connectivity index (χ4n) is 2.78. The Morgan fingerprint density at radius 2 is 1.89 bits per heavy atom. The Bertz CT molecular complexity index is 385. The first-order valence-electron chi connectivity index (χ1n) is 7.52. The molecule has 0 spiro atoms. The van der Waals surface area contributed by atoms with Gasteiger partial charge in [0.25, 0.3) is 0 Å². The van der Waals surface area contributed by atoms with Crippen LogP contribution in [0.5, 0.6) is 0 Å². The highest BCUT2D eigenvalue weighted by molar-refractivity contribution is 5.25. The van der Waals surface area contributed by atoms with Crippen LogP contribution >= 0.6 is 0 Å². The molecule has 19 heavy (non-hydrogen) atoms. The molecule has 1 fully saturated rings. The van der Waals surface area contributed by atoms with Gasteiger partial charge < -0.3 is 10.1 Å². The van der Waals surface area contributed by atoms with Crippen LogP contribution in [0.25, 0.3) is 0 Å². The largest absolute Gasteiger partial charge is 0.377 e. The summed E-state index contributed by atoms with van der Waals surface area (Å²) in [6.45, 7) is 9.81. The zero-order valence-electron chi connectivity index (χ0n) is 12.6. The van der Waals surface area contributed by atoms with Gasteiger partial charge in [0.2, 0.25) is 0 Å². The average molecular weight is 261 g/mol. The molecule has 1 aromatic carbocycles. The van der Waals surface area contributed by atoms with Gasteiger partial charge in [-0.25, -0.2) is 0 Å². The minimum absolute atomic E-state index is 0.336. The van der Waals surface area contributed by atoms with Gasteiger partial charge in [-0.1, -0.05) is 38.1 Å². The van der Waals surface area contributed by atoms with E-state index in [1.807, 2.05) is 0 Å². The number of hydrogen-bond acceptors (Lipinski definition) is 2. The Labute approximate surface area is 117 Å². The van der Waals surface area contributed by atoms with Crippen LogP contribution < -0.4 is 5.32 Å². The zero-order chi connectivity index (χ0) is 13.8. The molecule has 3 unspecified atom stereocenters. The predicted molar refractivity (Wildman–Crippen MR) is 80.4 cm³/mol. The monoisotopic (exact) mass is 261 g/mol. The molecule has 1 aliphatic rings. The molecule has 106 valence electrons. The molecule has 0 aromatic heterocycles. The molecule has 2 nitrogen and oxygen atoms in total. The molecule has 0 aliphatic carbocycles. The van der Waals surface area contributed by atoms with E-state index in [9.17, 15) is 0 Å². The fraction of sp³-hybridized carbons (Fsp3) is 0.647. The number of nitrogens with one attached hydrogen (secondary N) is 1. The van der Waals surface area contributed by atoms with Crippen molar-refractivity contribution in [2.24, 2.45) is 5.92 Å². The van der Waals surface area contributed by atoms with Gasteiger partial charge in [-0.15, -0.1) is 0 Å². The Kier molecular flexibility index (Phi) is 5.00. The van der Waals surface area contributed by atoms with Crippen molar-refractivity contribution < 1.29 is 4.74 Å². The summed E-state index contributed by atoms with van der Waals surface area (Å²) in [6.07, 6.45) is 2.62. The van der Waals surface area contributed by atoms with Gasteiger partial charge in [-0.3, -0.25) is 0 Å². The number of ether oxygens (including phenoxy) is 1. The van der Waals surface area contributed by atoms with Crippen molar-refractivity contribution in [1.29, 1.82) is 0 Å². The van der Waals surface area contributed by atoms with Crippen molar-refractivity contribution in [3.05, 3.63) is 35.4 Å². The summed E-state index contributed by atoms with van der Waals surface area (Å²) in [5, 5.41) is 3.68. The maximum absolute atomic E-state index is 5.60. The van der Waals surface area contributed by atoms with Crippen LogP contribution in [0.1, 0.15) is 51.3 Å². The van der Waals surface area contributed by atoms with Crippen LogP contribution in [-0.4, -0.2) is 18.8 Å². The molecule has 1 N–H and O–H groups in total. The number of hydrogen-bond donors (Lipinski definition) is 1. The van der Waals surface area contributed by atoms with E-state index < -0.39 is 0 Å². The maximum Gasteiger partial charge on any atom is 0.0700 e. The highest BCUT2D eigenvalue weighted by atomic mass is 16.5. The van der Waals surface area contributed by atoms with Crippen molar-refractivity contribution in [3.8, 4) is 0 Å². The van der Waals surface area contributed by atoms with E-state index in [1.165, 1.54) is 11.1 Å². The summed E-state index contributed by atoms with van der Waals surface area (Å²) in [7, 11) is 0.